The molecule has 11 heteroatoms. The van der Waals surface area contributed by atoms with Gasteiger partial charge in [0, 0.05) is 30.3 Å². The van der Waals surface area contributed by atoms with Gasteiger partial charge in [-0.05, 0) is 40.7 Å². The van der Waals surface area contributed by atoms with E-state index >= 15 is 0 Å². The normalized spacial score (nSPS) is 22.7. The van der Waals surface area contributed by atoms with Crippen LogP contribution in [0.3, 0.4) is 0 Å². The van der Waals surface area contributed by atoms with Crippen molar-refractivity contribution in [2.24, 2.45) is 4.99 Å². The molecule has 0 radical (unpaired) electrons. The van der Waals surface area contributed by atoms with Crippen LogP contribution in [0.25, 0.3) is 11.0 Å². The summed E-state index contributed by atoms with van der Waals surface area (Å²) in [5.41, 5.74) is 0.234. The summed E-state index contributed by atoms with van der Waals surface area (Å²) in [6.07, 6.45) is 2.29. The van der Waals surface area contributed by atoms with Gasteiger partial charge in [-0.3, -0.25) is 9.78 Å². The number of aliphatic hydroxyl groups is 1. The summed E-state index contributed by atoms with van der Waals surface area (Å²) in [4.78, 5) is 25.8. The standard InChI is InChI=1S/C20H32IN5O4Si/c1-20(2,3)31(6,7)29-10-14-13(27)8-15(30-14)26-9-12(21)16-17(26)23-19(24-18(16)28)22-11-25(4)5/h9,11,13-15,27H,8,10H2,1-7H3,(H,23,24,28)/t13-,14-,15-/m1/s1. The minimum Gasteiger partial charge on any atom is -0.414 e. The maximum atomic E-state index is 12.6. The molecule has 0 bridgehead atoms. The van der Waals surface area contributed by atoms with Gasteiger partial charge in [-0.15, -0.1) is 0 Å². The second kappa shape index (κ2) is 8.93. The highest BCUT2D eigenvalue weighted by Gasteiger charge is 2.41. The maximum absolute atomic E-state index is 12.6. The number of aliphatic hydroxyl groups excluding tert-OH is 1. The molecule has 0 aromatic carbocycles. The van der Waals surface area contributed by atoms with Gasteiger partial charge in [0.2, 0.25) is 5.95 Å². The van der Waals surface area contributed by atoms with E-state index in [4.69, 9.17) is 9.16 Å². The summed E-state index contributed by atoms with van der Waals surface area (Å²) in [5, 5.41) is 11.2. The molecule has 0 spiro atoms. The third-order valence-electron chi connectivity index (χ3n) is 5.96. The average Bonchev–Trinajstić information content (AvgIpc) is 3.17. The number of aliphatic imine (C=N–C) groups is 1. The fourth-order valence-electron chi connectivity index (χ4n) is 3.09. The number of H-pyrrole nitrogens is 1. The molecule has 9 nitrogen and oxygen atoms in total. The average molecular weight is 561 g/mol. The molecule has 2 N–H and O–H groups in total. The molecule has 3 rings (SSSR count). The van der Waals surface area contributed by atoms with Crippen molar-refractivity contribution in [3.05, 3.63) is 20.1 Å². The molecule has 1 aliphatic heterocycles. The van der Waals surface area contributed by atoms with Crippen molar-refractivity contribution in [3.63, 3.8) is 0 Å². The van der Waals surface area contributed by atoms with Crippen molar-refractivity contribution in [3.8, 4) is 0 Å². The maximum Gasteiger partial charge on any atom is 0.262 e. The van der Waals surface area contributed by atoms with Crippen LogP contribution in [0.5, 0.6) is 0 Å². The number of aromatic amines is 1. The molecule has 1 fully saturated rings. The van der Waals surface area contributed by atoms with Crippen LogP contribution in [-0.4, -0.2) is 72.1 Å². The van der Waals surface area contributed by atoms with Crippen molar-refractivity contribution >= 4 is 54.2 Å². The van der Waals surface area contributed by atoms with E-state index in [1.54, 1.807) is 11.2 Å². The van der Waals surface area contributed by atoms with Crippen LogP contribution in [-0.2, 0) is 9.16 Å². The number of aromatic nitrogens is 3. The molecule has 3 heterocycles. The molecule has 3 atom stereocenters. The molecule has 2 aromatic rings. The molecule has 0 aliphatic carbocycles. The van der Waals surface area contributed by atoms with Gasteiger partial charge in [0.05, 0.1) is 24.4 Å². The lowest BCUT2D eigenvalue weighted by molar-refractivity contribution is -0.0403. The summed E-state index contributed by atoms with van der Waals surface area (Å²) in [7, 11) is 1.72. The first-order chi connectivity index (χ1) is 14.3. The number of rotatable bonds is 6. The van der Waals surface area contributed by atoms with Crippen LogP contribution >= 0.6 is 22.6 Å². The van der Waals surface area contributed by atoms with E-state index in [1.165, 1.54) is 0 Å². The second-order valence-corrected chi connectivity index (χ2v) is 15.7. The highest BCUT2D eigenvalue weighted by Crippen LogP contribution is 2.38. The molecule has 0 amide bonds. The number of fused-ring (bicyclic) bond motifs is 1. The molecule has 1 aliphatic rings. The molecular weight excluding hydrogens is 529 g/mol. The Bertz CT molecular complexity index is 1030. The molecule has 0 saturated carbocycles. The van der Waals surface area contributed by atoms with Crippen molar-refractivity contribution in [2.45, 2.75) is 63.8 Å². The third-order valence-corrected chi connectivity index (χ3v) is 11.3. The Morgan fingerprint density at radius 3 is 2.77 bits per heavy atom. The van der Waals surface area contributed by atoms with Gasteiger partial charge in [-0.1, -0.05) is 20.8 Å². The minimum absolute atomic E-state index is 0.0805. The zero-order valence-electron chi connectivity index (χ0n) is 19.1. The second-order valence-electron chi connectivity index (χ2n) is 9.68. The van der Waals surface area contributed by atoms with Gasteiger partial charge in [0.25, 0.3) is 5.56 Å². The van der Waals surface area contributed by atoms with Gasteiger partial charge >= 0.3 is 0 Å². The first kappa shape index (κ1) is 24.4. The summed E-state index contributed by atoms with van der Waals surface area (Å²) in [6.45, 7) is 11.3. The Hall–Kier alpha value is -1.28. The molecule has 1 saturated heterocycles. The van der Waals surface area contributed by atoms with E-state index in [9.17, 15) is 9.90 Å². The number of ether oxygens (including phenoxy) is 1. The number of nitrogens with one attached hydrogen (secondary N) is 1. The number of hydrogen-bond acceptors (Lipinski definition) is 6. The summed E-state index contributed by atoms with van der Waals surface area (Å²) in [6, 6.07) is 0. The molecule has 31 heavy (non-hydrogen) atoms. The van der Waals surface area contributed by atoms with Crippen molar-refractivity contribution in [1.82, 2.24) is 19.4 Å². The van der Waals surface area contributed by atoms with E-state index in [1.807, 2.05) is 24.9 Å². The largest absolute Gasteiger partial charge is 0.414 e. The van der Waals surface area contributed by atoms with Crippen LogP contribution in [0, 0.1) is 3.57 Å². The lowest BCUT2D eigenvalue weighted by Gasteiger charge is -2.37. The zero-order valence-corrected chi connectivity index (χ0v) is 22.3. The Kier molecular flexibility index (Phi) is 7.01. The fourth-order valence-corrected chi connectivity index (χ4v) is 4.89. The topological polar surface area (TPSA) is 105 Å². The third kappa shape index (κ3) is 5.21. The lowest BCUT2D eigenvalue weighted by atomic mass is 10.2. The van der Waals surface area contributed by atoms with E-state index in [2.05, 4.69) is 71.4 Å². The first-order valence-corrected chi connectivity index (χ1v) is 14.3. The van der Waals surface area contributed by atoms with Gasteiger partial charge in [0.15, 0.2) is 14.0 Å². The number of halogens is 1. The Morgan fingerprint density at radius 1 is 1.48 bits per heavy atom. The summed E-state index contributed by atoms with van der Waals surface area (Å²) >= 11 is 2.12. The quantitative estimate of drug-likeness (QED) is 0.243. The van der Waals surface area contributed by atoms with Gasteiger partial charge in [-0.2, -0.15) is 4.98 Å². The van der Waals surface area contributed by atoms with Crippen LogP contribution < -0.4 is 5.56 Å². The number of hydrogen-bond donors (Lipinski definition) is 2. The smallest absolute Gasteiger partial charge is 0.262 e. The molecule has 0 unspecified atom stereocenters. The van der Waals surface area contributed by atoms with Crippen LogP contribution in [0.2, 0.25) is 18.1 Å². The first-order valence-electron chi connectivity index (χ1n) is 10.3. The summed E-state index contributed by atoms with van der Waals surface area (Å²) < 4.78 is 15.0. The van der Waals surface area contributed by atoms with Gasteiger partial charge in [-0.25, -0.2) is 4.99 Å². The number of nitrogens with zero attached hydrogens (tertiary/aromatic N) is 4. The van der Waals surface area contributed by atoms with E-state index in [0.717, 1.165) is 3.57 Å². The van der Waals surface area contributed by atoms with E-state index in [-0.39, 0.29) is 16.5 Å². The predicted molar refractivity (Wildman–Crippen MR) is 133 cm³/mol. The Balaban J connectivity index is 1.86. The fraction of sp³-hybridized carbons (Fsp3) is 0.650. The van der Waals surface area contributed by atoms with Crippen LogP contribution in [0.1, 0.15) is 33.4 Å². The van der Waals surface area contributed by atoms with Gasteiger partial charge < -0.3 is 23.7 Å². The molecular formula is C20H32IN5O4Si. The Labute approximate surface area is 197 Å². The highest BCUT2D eigenvalue weighted by molar-refractivity contribution is 14.1. The lowest BCUT2D eigenvalue weighted by Crippen LogP contribution is -2.43. The SMILES string of the molecule is CN(C)C=Nc1nc2c(c(I)cn2[C@H]2C[C@@H](O)[C@@H](CO[Si](C)(C)C(C)(C)C)O2)c(=O)[nH]1. The van der Waals surface area contributed by atoms with Crippen molar-refractivity contribution in [2.75, 3.05) is 20.7 Å². The van der Waals surface area contributed by atoms with E-state index in [0.29, 0.717) is 24.1 Å². The molecule has 172 valence electrons. The van der Waals surface area contributed by atoms with Gasteiger partial charge in [0.1, 0.15) is 12.3 Å². The minimum atomic E-state index is -1.95. The Morgan fingerprint density at radius 2 is 2.16 bits per heavy atom. The summed E-state index contributed by atoms with van der Waals surface area (Å²) in [5.74, 6) is 0.221. The van der Waals surface area contributed by atoms with Crippen LogP contribution in [0.15, 0.2) is 16.0 Å². The van der Waals surface area contributed by atoms with Crippen molar-refractivity contribution in [1.29, 1.82) is 0 Å². The monoisotopic (exact) mass is 561 g/mol. The van der Waals surface area contributed by atoms with Crippen LogP contribution in [0.4, 0.5) is 5.95 Å². The predicted octanol–water partition coefficient (Wildman–Crippen LogP) is 3.22. The van der Waals surface area contributed by atoms with E-state index < -0.39 is 26.8 Å². The highest BCUT2D eigenvalue weighted by atomic mass is 127. The van der Waals surface area contributed by atoms with Crippen molar-refractivity contribution < 1.29 is 14.3 Å². The zero-order chi connectivity index (χ0) is 23.1. The molecule has 2 aromatic heterocycles.